The van der Waals surface area contributed by atoms with E-state index < -0.39 is 0 Å². The Balaban J connectivity index is 1.03. The van der Waals surface area contributed by atoms with Crippen LogP contribution in [0, 0.1) is 0 Å². The number of hydrogen-bond donors (Lipinski definition) is 0. The number of rotatable bonds is 9. The summed E-state index contributed by atoms with van der Waals surface area (Å²) in [7, 11) is 0. The third kappa shape index (κ3) is 6.86. The molecule has 4 aromatic carbocycles. The van der Waals surface area contributed by atoms with Crippen LogP contribution in [0.25, 0.3) is 52.9 Å². The summed E-state index contributed by atoms with van der Waals surface area (Å²) in [6, 6.07) is 51.3. The Hall–Kier alpha value is -5.26. The van der Waals surface area contributed by atoms with E-state index in [-0.39, 0.29) is 0 Å². The van der Waals surface area contributed by atoms with Crippen LogP contribution in [-0.4, -0.2) is 0 Å². The first-order chi connectivity index (χ1) is 25.7. The molecule has 0 aliphatic heterocycles. The lowest BCUT2D eigenvalue weighted by molar-refractivity contribution is 1.04. The van der Waals surface area contributed by atoms with E-state index in [1.807, 2.05) is 34.0 Å². The van der Waals surface area contributed by atoms with Gasteiger partial charge >= 0.3 is 0 Å². The maximum absolute atomic E-state index is 2.37. The molecular weight excluding hydrogens is 687 g/mol. The molecule has 0 N–H and O–H groups in total. The zero-order valence-electron chi connectivity index (χ0n) is 28.7. The standard InChI is InChI=1S/C48H37NS3/c1-4-10-34(11-5-1)43-28-31-46(50-43)37-16-22-40(23-17-37)49(41-24-18-38(19-25-41)47-32-29-44(51-47)35-12-6-2-7-13-35)42-26-20-39(21-27-42)48-33-30-45(52-48)36-14-8-3-9-15-36/h1,4-6,8,10-33H,2-3,7,9H2. The zero-order valence-corrected chi connectivity index (χ0v) is 31.2. The zero-order chi connectivity index (χ0) is 34.7. The van der Waals surface area contributed by atoms with Crippen LogP contribution in [0.1, 0.15) is 35.4 Å². The summed E-state index contributed by atoms with van der Waals surface area (Å²) in [5.41, 5.74) is 11.1. The van der Waals surface area contributed by atoms with Crippen LogP contribution in [0.2, 0.25) is 0 Å². The third-order valence-electron chi connectivity index (χ3n) is 9.67. The van der Waals surface area contributed by atoms with Crippen molar-refractivity contribution in [1.82, 2.24) is 0 Å². The molecule has 2 aliphatic rings. The van der Waals surface area contributed by atoms with Crippen LogP contribution in [0.4, 0.5) is 17.1 Å². The minimum absolute atomic E-state index is 1.12. The Morgan fingerprint density at radius 3 is 1.04 bits per heavy atom. The number of thiophene rings is 3. The van der Waals surface area contributed by atoms with Crippen molar-refractivity contribution in [1.29, 1.82) is 0 Å². The predicted octanol–water partition coefficient (Wildman–Crippen LogP) is 15.5. The summed E-state index contributed by atoms with van der Waals surface area (Å²) in [5.74, 6) is 0. The summed E-state index contributed by atoms with van der Waals surface area (Å²) in [6.07, 6.45) is 18.3. The molecular formula is C48H37NS3. The van der Waals surface area contributed by atoms with Gasteiger partial charge in [0.05, 0.1) is 0 Å². The van der Waals surface area contributed by atoms with Crippen molar-refractivity contribution in [2.45, 2.75) is 25.7 Å². The van der Waals surface area contributed by atoms with Gasteiger partial charge < -0.3 is 4.90 Å². The highest BCUT2D eigenvalue weighted by Crippen LogP contribution is 2.41. The van der Waals surface area contributed by atoms with E-state index >= 15 is 0 Å². The summed E-state index contributed by atoms with van der Waals surface area (Å²) < 4.78 is 0. The van der Waals surface area contributed by atoms with Gasteiger partial charge in [0.2, 0.25) is 0 Å². The SMILES string of the molecule is C1=CC(c2ccc(-c3ccc(N(c4ccc(-c5ccc(C6=CCCC=C6)s5)cc4)c4ccc(-c5ccc(-c6ccccc6)s5)cc4)cc3)s2)=CCC1. The Morgan fingerprint density at radius 2 is 0.673 bits per heavy atom. The second kappa shape index (κ2) is 14.8. The molecule has 0 saturated heterocycles. The molecule has 0 atom stereocenters. The maximum atomic E-state index is 2.37. The van der Waals surface area contributed by atoms with Gasteiger partial charge in [-0.05, 0) is 132 Å². The molecule has 0 fully saturated rings. The minimum Gasteiger partial charge on any atom is -0.311 e. The van der Waals surface area contributed by atoms with E-state index in [1.54, 1.807) is 0 Å². The van der Waals surface area contributed by atoms with Crippen molar-refractivity contribution in [3.63, 3.8) is 0 Å². The van der Waals surface area contributed by atoms with Gasteiger partial charge in [-0.15, -0.1) is 34.0 Å². The molecule has 0 unspecified atom stereocenters. The van der Waals surface area contributed by atoms with Gasteiger partial charge in [-0.3, -0.25) is 0 Å². The molecule has 7 aromatic rings. The second-order valence-electron chi connectivity index (χ2n) is 13.1. The quantitative estimate of drug-likeness (QED) is 0.143. The fourth-order valence-corrected chi connectivity index (χ4v) is 9.99. The molecule has 0 radical (unpaired) electrons. The predicted molar refractivity (Wildman–Crippen MR) is 229 cm³/mol. The number of anilines is 3. The van der Waals surface area contributed by atoms with Crippen LogP contribution in [0.5, 0.6) is 0 Å². The molecule has 3 aromatic heterocycles. The number of hydrogen-bond acceptors (Lipinski definition) is 4. The van der Waals surface area contributed by atoms with Crippen LogP contribution < -0.4 is 4.90 Å². The normalized spacial score (nSPS) is 13.9. The number of nitrogens with zero attached hydrogens (tertiary/aromatic N) is 1. The lowest BCUT2D eigenvalue weighted by atomic mass is 10.1. The molecule has 3 heterocycles. The molecule has 0 spiro atoms. The molecule has 52 heavy (non-hydrogen) atoms. The van der Waals surface area contributed by atoms with Crippen molar-refractivity contribution in [3.8, 4) is 41.8 Å². The van der Waals surface area contributed by atoms with Crippen LogP contribution >= 0.6 is 34.0 Å². The van der Waals surface area contributed by atoms with E-state index in [2.05, 4.69) is 181 Å². The largest absolute Gasteiger partial charge is 0.311 e. The van der Waals surface area contributed by atoms with E-state index in [4.69, 9.17) is 0 Å². The van der Waals surface area contributed by atoms with Gasteiger partial charge in [-0.1, -0.05) is 103 Å². The number of benzene rings is 4. The molecule has 1 nitrogen and oxygen atoms in total. The average Bonchev–Trinajstić information content (AvgIpc) is 4.03. The smallest absolute Gasteiger partial charge is 0.0462 e. The Morgan fingerprint density at radius 1 is 0.327 bits per heavy atom. The topological polar surface area (TPSA) is 3.24 Å². The van der Waals surface area contributed by atoms with Crippen LogP contribution in [-0.2, 0) is 0 Å². The molecule has 252 valence electrons. The van der Waals surface area contributed by atoms with Crippen molar-refractivity contribution >= 4 is 62.2 Å². The van der Waals surface area contributed by atoms with Gasteiger partial charge in [0.15, 0.2) is 0 Å². The third-order valence-corrected chi connectivity index (χ3v) is 13.2. The van der Waals surface area contributed by atoms with Crippen LogP contribution in [0.3, 0.4) is 0 Å². The van der Waals surface area contributed by atoms with Gasteiger partial charge in [0, 0.05) is 46.3 Å². The second-order valence-corrected chi connectivity index (χ2v) is 16.4. The summed E-state index contributed by atoms with van der Waals surface area (Å²) in [4.78, 5) is 10.2. The first-order valence-corrected chi connectivity index (χ1v) is 20.4. The van der Waals surface area contributed by atoms with Crippen molar-refractivity contribution in [3.05, 3.63) is 186 Å². The van der Waals surface area contributed by atoms with E-state index in [0.717, 1.165) is 42.7 Å². The van der Waals surface area contributed by atoms with E-state index in [1.165, 1.54) is 62.7 Å². The highest BCUT2D eigenvalue weighted by Gasteiger charge is 2.16. The van der Waals surface area contributed by atoms with Gasteiger partial charge in [0.25, 0.3) is 0 Å². The summed E-state index contributed by atoms with van der Waals surface area (Å²) in [6.45, 7) is 0. The van der Waals surface area contributed by atoms with Crippen molar-refractivity contribution < 1.29 is 0 Å². The first kappa shape index (κ1) is 32.6. The molecule has 2 aliphatic carbocycles. The monoisotopic (exact) mass is 723 g/mol. The maximum Gasteiger partial charge on any atom is 0.0462 e. The highest BCUT2D eigenvalue weighted by molar-refractivity contribution is 7.19. The lowest BCUT2D eigenvalue weighted by Crippen LogP contribution is -2.09. The highest BCUT2D eigenvalue weighted by atomic mass is 32.1. The van der Waals surface area contributed by atoms with Crippen LogP contribution in [0.15, 0.2) is 176 Å². The van der Waals surface area contributed by atoms with Gasteiger partial charge in [0.1, 0.15) is 0 Å². The van der Waals surface area contributed by atoms with Crippen molar-refractivity contribution in [2.75, 3.05) is 4.90 Å². The fraction of sp³-hybridized carbons (Fsp3) is 0.0833. The van der Waals surface area contributed by atoms with Gasteiger partial charge in [-0.2, -0.15) is 0 Å². The average molecular weight is 724 g/mol. The Bertz CT molecular complexity index is 2320. The molecule has 0 amide bonds. The minimum atomic E-state index is 1.12. The molecule has 9 rings (SSSR count). The van der Waals surface area contributed by atoms with Gasteiger partial charge in [-0.25, -0.2) is 0 Å². The molecule has 0 saturated carbocycles. The number of allylic oxidation sites excluding steroid dienone is 8. The summed E-state index contributed by atoms with van der Waals surface area (Å²) in [5, 5.41) is 0. The Kier molecular flexibility index (Phi) is 9.27. The molecule has 0 bridgehead atoms. The lowest BCUT2D eigenvalue weighted by Gasteiger charge is -2.26. The van der Waals surface area contributed by atoms with Crippen molar-refractivity contribution in [2.24, 2.45) is 0 Å². The first-order valence-electron chi connectivity index (χ1n) is 18.0. The summed E-state index contributed by atoms with van der Waals surface area (Å²) >= 11 is 5.58. The fourth-order valence-electron chi connectivity index (χ4n) is 6.91. The van der Waals surface area contributed by atoms with E-state index in [9.17, 15) is 0 Å². The van der Waals surface area contributed by atoms with E-state index in [0.29, 0.717) is 0 Å². The Labute approximate surface area is 318 Å². The molecule has 4 heteroatoms.